The molecule has 0 N–H and O–H groups in total. The Morgan fingerprint density at radius 2 is 0.494 bits per heavy atom. The van der Waals surface area contributed by atoms with Gasteiger partial charge in [0.1, 0.15) is 13.2 Å². The van der Waals surface area contributed by atoms with Crippen molar-refractivity contribution in [3.05, 3.63) is 97.2 Å². The molecule has 0 bridgehead atoms. The first kappa shape index (κ1) is 75.3. The molecule has 0 saturated heterocycles. The largest absolute Gasteiger partial charge is 0.462 e. The van der Waals surface area contributed by atoms with E-state index in [4.69, 9.17) is 14.2 Å². The molecule has 454 valence electrons. The van der Waals surface area contributed by atoms with E-state index in [1.807, 2.05) is 0 Å². The van der Waals surface area contributed by atoms with Gasteiger partial charge in [0.15, 0.2) is 6.10 Å². The molecule has 0 aromatic carbocycles. The summed E-state index contributed by atoms with van der Waals surface area (Å²) in [6.45, 7) is 6.48. The fourth-order valence-electron chi connectivity index (χ4n) is 9.50. The Hall–Kier alpha value is -3.67. The first-order valence-electron chi connectivity index (χ1n) is 33.7. The number of allylic oxidation sites excluding steroid dienone is 16. The fraction of sp³-hybridized carbons (Fsp3) is 0.740. The van der Waals surface area contributed by atoms with Crippen molar-refractivity contribution in [2.75, 3.05) is 13.2 Å². The summed E-state index contributed by atoms with van der Waals surface area (Å²) < 4.78 is 16.9. The third-order valence-corrected chi connectivity index (χ3v) is 14.5. The van der Waals surface area contributed by atoms with Crippen LogP contribution in [0.25, 0.3) is 0 Å². The van der Waals surface area contributed by atoms with Crippen LogP contribution < -0.4 is 0 Å². The van der Waals surface area contributed by atoms with Crippen LogP contribution in [-0.2, 0) is 28.6 Å². The SMILES string of the molecule is CC/C=C\C/C=C\C/C=C\C/C=C\CCCCC(=O)OC(COC(=O)CCCCCCC/C=C\CCCCCC)COC(=O)CCCCCCCCCCCCCCCCCCCC/C=C\C/C=C\C/C=C\CCCCCCC. The molecule has 0 rings (SSSR count). The zero-order chi connectivity index (χ0) is 57.1. The predicted molar refractivity (Wildman–Crippen MR) is 344 cm³/mol. The van der Waals surface area contributed by atoms with Crippen LogP contribution in [0.1, 0.15) is 329 Å². The highest BCUT2D eigenvalue weighted by Gasteiger charge is 2.19. The van der Waals surface area contributed by atoms with Crippen molar-refractivity contribution >= 4 is 17.9 Å². The molecule has 79 heavy (non-hydrogen) atoms. The Bertz CT molecular complexity index is 1540. The topological polar surface area (TPSA) is 78.9 Å². The molecule has 0 heterocycles. The van der Waals surface area contributed by atoms with Crippen LogP contribution in [0.4, 0.5) is 0 Å². The van der Waals surface area contributed by atoms with Gasteiger partial charge in [0, 0.05) is 19.3 Å². The second kappa shape index (κ2) is 66.8. The van der Waals surface area contributed by atoms with Crippen molar-refractivity contribution in [1.82, 2.24) is 0 Å². The number of carbonyl (C=O) groups excluding carboxylic acids is 3. The summed E-state index contributed by atoms with van der Waals surface area (Å²) in [4.78, 5) is 38.3. The maximum absolute atomic E-state index is 12.9. The van der Waals surface area contributed by atoms with E-state index in [0.717, 1.165) is 96.3 Å². The molecular formula is C73H126O6. The molecule has 0 fully saturated rings. The highest BCUT2D eigenvalue weighted by Crippen LogP contribution is 2.17. The molecule has 0 aliphatic rings. The smallest absolute Gasteiger partial charge is 0.306 e. The molecule has 0 aliphatic heterocycles. The van der Waals surface area contributed by atoms with Gasteiger partial charge in [-0.3, -0.25) is 14.4 Å². The van der Waals surface area contributed by atoms with Crippen LogP contribution in [0.3, 0.4) is 0 Å². The van der Waals surface area contributed by atoms with Gasteiger partial charge < -0.3 is 14.2 Å². The van der Waals surface area contributed by atoms with Crippen molar-refractivity contribution in [3.8, 4) is 0 Å². The molecule has 0 saturated carbocycles. The van der Waals surface area contributed by atoms with Crippen LogP contribution in [0.2, 0.25) is 0 Å². The molecule has 1 atom stereocenters. The highest BCUT2D eigenvalue weighted by molar-refractivity contribution is 5.71. The molecule has 6 heteroatoms. The molecule has 0 radical (unpaired) electrons. The third kappa shape index (κ3) is 65.0. The first-order valence-corrected chi connectivity index (χ1v) is 33.7. The lowest BCUT2D eigenvalue weighted by Crippen LogP contribution is -2.30. The maximum Gasteiger partial charge on any atom is 0.306 e. The minimum absolute atomic E-state index is 0.0947. The number of hydrogen-bond acceptors (Lipinski definition) is 6. The average molecular weight is 1100 g/mol. The lowest BCUT2D eigenvalue weighted by molar-refractivity contribution is -0.167. The minimum atomic E-state index is -0.802. The van der Waals surface area contributed by atoms with Crippen molar-refractivity contribution in [2.45, 2.75) is 335 Å². The van der Waals surface area contributed by atoms with Gasteiger partial charge in [0.25, 0.3) is 0 Å². The van der Waals surface area contributed by atoms with E-state index in [2.05, 4.69) is 118 Å². The molecule has 6 nitrogen and oxygen atoms in total. The molecule has 0 amide bonds. The number of hydrogen-bond donors (Lipinski definition) is 0. The van der Waals surface area contributed by atoms with Gasteiger partial charge in [0.05, 0.1) is 0 Å². The first-order chi connectivity index (χ1) is 39.0. The molecule has 0 aliphatic carbocycles. The molecule has 0 aromatic heterocycles. The van der Waals surface area contributed by atoms with Crippen molar-refractivity contribution in [2.24, 2.45) is 0 Å². The summed E-state index contributed by atoms with van der Waals surface area (Å²) in [5.74, 6) is -0.936. The predicted octanol–water partition coefficient (Wildman–Crippen LogP) is 23.2. The van der Waals surface area contributed by atoms with Gasteiger partial charge in [-0.2, -0.15) is 0 Å². The summed E-state index contributed by atoms with van der Waals surface area (Å²) >= 11 is 0. The van der Waals surface area contributed by atoms with E-state index in [9.17, 15) is 14.4 Å². The van der Waals surface area contributed by atoms with Crippen LogP contribution in [-0.4, -0.2) is 37.2 Å². The zero-order valence-electron chi connectivity index (χ0n) is 52.1. The molecule has 0 spiro atoms. The Morgan fingerprint density at radius 1 is 0.266 bits per heavy atom. The van der Waals surface area contributed by atoms with Gasteiger partial charge >= 0.3 is 17.9 Å². The molecule has 1 unspecified atom stereocenters. The van der Waals surface area contributed by atoms with E-state index in [1.165, 1.54) is 186 Å². The second-order valence-electron chi connectivity index (χ2n) is 22.3. The monoisotopic (exact) mass is 1100 g/mol. The van der Waals surface area contributed by atoms with Crippen molar-refractivity contribution in [3.63, 3.8) is 0 Å². The summed E-state index contributed by atoms with van der Waals surface area (Å²) in [6.07, 6.45) is 90.2. The minimum Gasteiger partial charge on any atom is -0.462 e. The zero-order valence-corrected chi connectivity index (χ0v) is 52.1. The van der Waals surface area contributed by atoms with Gasteiger partial charge in [0.2, 0.25) is 0 Å². The van der Waals surface area contributed by atoms with E-state index in [1.54, 1.807) is 0 Å². The summed E-state index contributed by atoms with van der Waals surface area (Å²) in [7, 11) is 0. The van der Waals surface area contributed by atoms with Crippen LogP contribution in [0.5, 0.6) is 0 Å². The Morgan fingerprint density at radius 3 is 0.823 bits per heavy atom. The van der Waals surface area contributed by atoms with E-state index in [-0.39, 0.29) is 37.5 Å². The standard InChI is InChI=1S/C73H126O6/c1-4-7-10-13-16-19-22-25-27-28-29-30-31-32-33-34-35-36-37-38-39-40-41-42-43-44-46-48-51-54-57-60-63-66-72(75)78-69-70(68-77-71(74)65-62-59-56-53-50-47-24-21-18-15-12-9-6-3)79-73(76)67-64-61-58-55-52-49-45-26-23-20-17-14-11-8-5-2/h8,11,17,20-22,24-26,28-29,31-32,45,52,55,70H,4-7,9-10,12-16,18-19,23,27,30,33-44,46-51,53-54,56-69H2,1-3H3/b11-8-,20-17-,24-21-,25-22-,29-28-,32-31-,45-26-,55-52-. The quantitative estimate of drug-likeness (QED) is 0.0261. The Balaban J connectivity index is 4.17. The van der Waals surface area contributed by atoms with Gasteiger partial charge in [-0.15, -0.1) is 0 Å². The lowest BCUT2D eigenvalue weighted by atomic mass is 10.0. The second-order valence-corrected chi connectivity index (χ2v) is 22.3. The van der Waals surface area contributed by atoms with Crippen molar-refractivity contribution < 1.29 is 28.6 Å². The summed E-state index contributed by atoms with van der Waals surface area (Å²) in [5.41, 5.74) is 0. The van der Waals surface area contributed by atoms with Crippen LogP contribution in [0.15, 0.2) is 97.2 Å². The molecule has 0 aromatic rings. The number of carbonyl (C=O) groups is 3. The van der Waals surface area contributed by atoms with E-state index < -0.39 is 6.10 Å². The number of rotatable bonds is 61. The van der Waals surface area contributed by atoms with Crippen molar-refractivity contribution in [1.29, 1.82) is 0 Å². The maximum atomic E-state index is 12.9. The number of unbranched alkanes of at least 4 members (excludes halogenated alkanes) is 34. The third-order valence-electron chi connectivity index (χ3n) is 14.5. The normalized spacial score (nSPS) is 12.7. The molecular weight excluding hydrogens is 973 g/mol. The van der Waals surface area contributed by atoms with E-state index in [0.29, 0.717) is 19.3 Å². The summed E-state index contributed by atoms with van der Waals surface area (Å²) in [6, 6.07) is 0. The Labute approximate surface area is 489 Å². The average Bonchev–Trinajstić information content (AvgIpc) is 3.45. The van der Waals surface area contributed by atoms with Crippen LogP contribution >= 0.6 is 0 Å². The number of esters is 3. The van der Waals surface area contributed by atoms with Crippen LogP contribution in [0, 0.1) is 0 Å². The fourth-order valence-corrected chi connectivity index (χ4v) is 9.50. The van der Waals surface area contributed by atoms with Gasteiger partial charge in [-0.25, -0.2) is 0 Å². The lowest BCUT2D eigenvalue weighted by Gasteiger charge is -2.18. The summed E-state index contributed by atoms with van der Waals surface area (Å²) in [5, 5.41) is 0. The number of ether oxygens (including phenoxy) is 3. The van der Waals surface area contributed by atoms with Gasteiger partial charge in [-0.05, 0) is 122 Å². The Kier molecular flexibility index (Phi) is 63.7. The van der Waals surface area contributed by atoms with E-state index >= 15 is 0 Å². The highest BCUT2D eigenvalue weighted by atomic mass is 16.6. The van der Waals surface area contributed by atoms with Gasteiger partial charge in [-0.1, -0.05) is 285 Å².